The van der Waals surface area contributed by atoms with Crippen molar-refractivity contribution in [2.75, 3.05) is 10.6 Å². The van der Waals surface area contributed by atoms with E-state index in [0.29, 0.717) is 11.2 Å². The molecule has 4 aromatic rings. The first-order chi connectivity index (χ1) is 13.9. The van der Waals surface area contributed by atoms with E-state index in [9.17, 15) is 18.9 Å². The molecule has 2 N–H and O–H groups in total. The summed E-state index contributed by atoms with van der Waals surface area (Å²) in [4.78, 5) is 23.1. The molecule has 0 bridgehead atoms. The summed E-state index contributed by atoms with van der Waals surface area (Å²) in [5, 5.41) is 17.4. The Morgan fingerprint density at radius 3 is 2.55 bits per heavy atom. The Labute approximate surface area is 166 Å². The first kappa shape index (κ1) is 18.6. The molecule has 0 aliphatic heterocycles. The number of nitrogens with zero attached hydrogens (tertiary/aromatic N) is 4. The van der Waals surface area contributed by atoms with Crippen LogP contribution >= 0.6 is 11.3 Å². The third-order valence-corrected chi connectivity index (χ3v) is 4.89. The van der Waals surface area contributed by atoms with Gasteiger partial charge >= 0.3 is 5.69 Å². The van der Waals surface area contributed by atoms with Crippen LogP contribution in [0.15, 0.2) is 42.7 Å². The molecular formula is C18H12F2N6O2S. The molecule has 2 heterocycles. The summed E-state index contributed by atoms with van der Waals surface area (Å²) < 4.78 is 27.9. The predicted octanol–water partition coefficient (Wildman–Crippen LogP) is 5.07. The highest BCUT2D eigenvalue weighted by atomic mass is 32.1. The summed E-state index contributed by atoms with van der Waals surface area (Å²) in [7, 11) is 0. The Morgan fingerprint density at radius 1 is 1.07 bits per heavy atom. The van der Waals surface area contributed by atoms with Crippen LogP contribution in [0.2, 0.25) is 0 Å². The predicted molar refractivity (Wildman–Crippen MR) is 106 cm³/mol. The van der Waals surface area contributed by atoms with Gasteiger partial charge in [0.25, 0.3) is 0 Å². The molecule has 4 rings (SSSR count). The minimum absolute atomic E-state index is 0.106. The number of anilines is 4. The summed E-state index contributed by atoms with van der Waals surface area (Å²) in [5.41, 5.74) is 1.15. The molecule has 0 fully saturated rings. The second-order valence-electron chi connectivity index (χ2n) is 6.04. The molecule has 8 nitrogen and oxygen atoms in total. The molecule has 0 saturated carbocycles. The number of nitro groups is 1. The molecule has 0 saturated heterocycles. The Balaban J connectivity index is 1.71. The number of aryl methyl sites for hydroxylation is 1. The Bertz CT molecular complexity index is 1250. The third-order valence-electron chi connectivity index (χ3n) is 3.96. The van der Waals surface area contributed by atoms with Crippen molar-refractivity contribution in [2.24, 2.45) is 0 Å². The Hall–Kier alpha value is -3.73. The molecule has 0 atom stereocenters. The molecule has 29 heavy (non-hydrogen) atoms. The van der Waals surface area contributed by atoms with E-state index in [0.717, 1.165) is 34.2 Å². The number of aromatic nitrogens is 3. The smallest absolute Gasteiger partial charge is 0.332 e. The van der Waals surface area contributed by atoms with Gasteiger partial charge in [-0.1, -0.05) is 17.4 Å². The topological polar surface area (TPSA) is 106 Å². The van der Waals surface area contributed by atoms with Crippen molar-refractivity contribution < 1.29 is 13.7 Å². The second kappa shape index (κ2) is 7.36. The van der Waals surface area contributed by atoms with Gasteiger partial charge in [-0.25, -0.2) is 23.7 Å². The normalized spacial score (nSPS) is 10.9. The van der Waals surface area contributed by atoms with E-state index in [4.69, 9.17) is 0 Å². The number of nitrogens with one attached hydrogen (secondary N) is 2. The summed E-state index contributed by atoms with van der Waals surface area (Å²) in [5.74, 6) is -2.02. The highest BCUT2D eigenvalue weighted by molar-refractivity contribution is 7.22. The lowest BCUT2D eigenvalue weighted by molar-refractivity contribution is -0.383. The molecule has 0 radical (unpaired) electrons. The Kier molecular flexibility index (Phi) is 4.72. The summed E-state index contributed by atoms with van der Waals surface area (Å²) >= 11 is 1.31. The Morgan fingerprint density at radius 2 is 1.83 bits per heavy atom. The summed E-state index contributed by atoms with van der Waals surface area (Å²) in [6.07, 6.45) is 1.09. The fraction of sp³-hybridized carbons (Fsp3) is 0.0556. The maximum atomic E-state index is 13.9. The van der Waals surface area contributed by atoms with E-state index in [1.54, 1.807) is 0 Å². The van der Waals surface area contributed by atoms with E-state index < -0.39 is 22.2 Å². The van der Waals surface area contributed by atoms with Gasteiger partial charge in [-0.2, -0.15) is 0 Å². The van der Waals surface area contributed by atoms with Crippen LogP contribution in [0, 0.1) is 28.7 Å². The number of benzene rings is 2. The van der Waals surface area contributed by atoms with Crippen molar-refractivity contribution in [2.45, 2.75) is 6.92 Å². The fourth-order valence-electron chi connectivity index (χ4n) is 2.64. The lowest BCUT2D eigenvalue weighted by Gasteiger charge is -2.09. The first-order valence-electron chi connectivity index (χ1n) is 8.26. The van der Waals surface area contributed by atoms with Crippen LogP contribution in [0.4, 0.5) is 36.9 Å². The minimum Gasteiger partial charge on any atom is -0.332 e. The van der Waals surface area contributed by atoms with Crippen molar-refractivity contribution in [3.63, 3.8) is 0 Å². The SMILES string of the molecule is Cc1ccc2nc(Nc3ncnc(Nc4ccc(F)cc4F)c3[N+](=O)[O-])sc2c1. The summed E-state index contributed by atoms with van der Waals surface area (Å²) in [6, 6.07) is 8.54. The average molecular weight is 414 g/mol. The highest BCUT2D eigenvalue weighted by Crippen LogP contribution is 2.35. The molecule has 11 heteroatoms. The first-order valence-corrected chi connectivity index (χ1v) is 9.08. The maximum absolute atomic E-state index is 13.9. The highest BCUT2D eigenvalue weighted by Gasteiger charge is 2.25. The molecule has 0 spiro atoms. The molecule has 146 valence electrons. The van der Waals surface area contributed by atoms with E-state index in [1.807, 2.05) is 25.1 Å². The van der Waals surface area contributed by atoms with Crippen LogP contribution in [0.5, 0.6) is 0 Å². The van der Waals surface area contributed by atoms with Gasteiger partial charge in [0.15, 0.2) is 5.13 Å². The lowest BCUT2D eigenvalue weighted by Crippen LogP contribution is -2.06. The minimum atomic E-state index is -0.908. The van der Waals surface area contributed by atoms with Gasteiger partial charge in [0, 0.05) is 6.07 Å². The molecule has 2 aromatic carbocycles. The van der Waals surface area contributed by atoms with E-state index in [1.165, 1.54) is 11.3 Å². The largest absolute Gasteiger partial charge is 0.353 e. The van der Waals surface area contributed by atoms with Gasteiger partial charge in [0.2, 0.25) is 11.6 Å². The van der Waals surface area contributed by atoms with E-state index in [2.05, 4.69) is 25.6 Å². The summed E-state index contributed by atoms with van der Waals surface area (Å²) in [6.45, 7) is 1.95. The van der Waals surface area contributed by atoms with Crippen molar-refractivity contribution in [1.82, 2.24) is 15.0 Å². The zero-order valence-corrected chi connectivity index (χ0v) is 15.6. The standard InChI is InChI=1S/C18H12F2N6O2S/c1-9-2-4-13-14(6-9)29-18(24-13)25-17-15(26(27)28)16(21-8-22-17)23-12-5-3-10(19)7-11(12)20/h2-8H,1H3,(H2,21,22,23,24,25). The van der Waals surface area contributed by atoms with Crippen molar-refractivity contribution in [3.8, 4) is 0 Å². The number of rotatable bonds is 5. The van der Waals surface area contributed by atoms with Crippen LogP contribution in [0.3, 0.4) is 0 Å². The van der Waals surface area contributed by atoms with Gasteiger partial charge in [-0.15, -0.1) is 0 Å². The quantitative estimate of drug-likeness (QED) is 0.347. The van der Waals surface area contributed by atoms with Gasteiger partial charge in [-0.3, -0.25) is 10.1 Å². The van der Waals surface area contributed by atoms with Crippen molar-refractivity contribution in [3.05, 3.63) is 70.0 Å². The van der Waals surface area contributed by atoms with Gasteiger partial charge < -0.3 is 10.6 Å². The zero-order chi connectivity index (χ0) is 20.5. The molecular weight excluding hydrogens is 402 g/mol. The lowest BCUT2D eigenvalue weighted by atomic mass is 10.2. The number of thiazole rings is 1. The van der Waals surface area contributed by atoms with Crippen LogP contribution < -0.4 is 10.6 Å². The maximum Gasteiger partial charge on any atom is 0.353 e. The monoisotopic (exact) mass is 414 g/mol. The van der Waals surface area contributed by atoms with Crippen LogP contribution in [-0.2, 0) is 0 Å². The fourth-order valence-corrected chi connectivity index (χ4v) is 3.60. The number of fused-ring (bicyclic) bond motifs is 1. The van der Waals surface area contributed by atoms with Gasteiger partial charge in [-0.05, 0) is 36.8 Å². The second-order valence-corrected chi connectivity index (χ2v) is 7.07. The van der Waals surface area contributed by atoms with Crippen LogP contribution in [0.1, 0.15) is 5.56 Å². The molecule has 2 aromatic heterocycles. The van der Waals surface area contributed by atoms with E-state index >= 15 is 0 Å². The number of hydrogen-bond acceptors (Lipinski definition) is 8. The van der Waals surface area contributed by atoms with E-state index in [-0.39, 0.29) is 17.3 Å². The van der Waals surface area contributed by atoms with Crippen molar-refractivity contribution >= 4 is 49.7 Å². The molecule has 0 amide bonds. The molecule has 0 unspecified atom stereocenters. The van der Waals surface area contributed by atoms with Gasteiger partial charge in [0.1, 0.15) is 18.0 Å². The average Bonchev–Trinajstić information content (AvgIpc) is 3.05. The molecule has 0 aliphatic rings. The molecule has 0 aliphatic carbocycles. The van der Waals surface area contributed by atoms with Gasteiger partial charge in [0.05, 0.1) is 20.8 Å². The van der Waals surface area contributed by atoms with Crippen LogP contribution in [0.25, 0.3) is 10.2 Å². The third kappa shape index (κ3) is 3.80. The van der Waals surface area contributed by atoms with Crippen LogP contribution in [-0.4, -0.2) is 19.9 Å². The number of hydrogen-bond donors (Lipinski definition) is 2. The zero-order valence-electron chi connectivity index (χ0n) is 14.8. The number of halogens is 2. The van der Waals surface area contributed by atoms with Crippen molar-refractivity contribution in [1.29, 1.82) is 0 Å².